The van der Waals surface area contributed by atoms with Crippen LogP contribution >= 0.6 is 11.3 Å². The van der Waals surface area contributed by atoms with E-state index in [-0.39, 0.29) is 18.1 Å². The van der Waals surface area contributed by atoms with E-state index in [1.165, 1.54) is 62.7 Å². The second-order valence-corrected chi connectivity index (χ2v) is 12.5. The molecule has 2 aromatic heterocycles. The number of benzene rings is 1. The molecule has 3 aromatic rings. The van der Waals surface area contributed by atoms with Gasteiger partial charge in [-0.3, -0.25) is 9.59 Å². The molecule has 1 aromatic carbocycles. The lowest BCUT2D eigenvalue weighted by molar-refractivity contribution is -0.138. The van der Waals surface area contributed by atoms with E-state index in [9.17, 15) is 14.7 Å². The van der Waals surface area contributed by atoms with Gasteiger partial charge in [-0.2, -0.15) is 0 Å². The van der Waals surface area contributed by atoms with Crippen LogP contribution in [0.3, 0.4) is 0 Å². The number of aliphatic carboxylic acids is 1. The van der Waals surface area contributed by atoms with Crippen LogP contribution in [-0.4, -0.2) is 26.4 Å². The summed E-state index contributed by atoms with van der Waals surface area (Å²) >= 11 is 1.76. The second kappa shape index (κ2) is 11.9. The zero-order valence-corrected chi connectivity index (χ0v) is 22.8. The molecule has 0 bridgehead atoms. The maximum Gasteiger partial charge on any atom is 0.303 e. The number of carboxylic acids is 1. The van der Waals surface area contributed by atoms with Gasteiger partial charge in [-0.05, 0) is 66.7 Å². The van der Waals surface area contributed by atoms with Gasteiger partial charge < -0.3 is 9.67 Å². The first-order valence-corrected chi connectivity index (χ1v) is 15.1. The van der Waals surface area contributed by atoms with Crippen molar-refractivity contribution in [2.75, 3.05) is 0 Å². The van der Waals surface area contributed by atoms with Crippen LogP contribution in [0.15, 0.2) is 35.7 Å². The fourth-order valence-electron chi connectivity index (χ4n) is 6.83. The summed E-state index contributed by atoms with van der Waals surface area (Å²) in [5.74, 6) is 1.39. The van der Waals surface area contributed by atoms with Crippen molar-refractivity contribution >= 4 is 34.1 Å². The molecule has 6 heteroatoms. The standard InChI is InChI=1S/C31H40N2O3S/c1-21-8-5-6-12-27(21)33-28-14-13-24(19-26(28)32-30(33)20-25-11-7-15-37-25)29(34)17-23(18-31(35)36)16-22-9-3-2-4-10-22/h7,11,13-15,19,21-23,27H,2-6,8-10,12,16-18,20H2,1H3,(H,35,36)/t21-,23?,27-/m0/s1. The molecule has 198 valence electrons. The van der Waals surface area contributed by atoms with Gasteiger partial charge in [-0.1, -0.05) is 57.9 Å². The summed E-state index contributed by atoms with van der Waals surface area (Å²) in [4.78, 5) is 31.4. The number of hydrogen-bond donors (Lipinski definition) is 1. The lowest BCUT2D eigenvalue weighted by Crippen LogP contribution is -2.23. The number of nitrogens with zero attached hydrogens (tertiary/aromatic N) is 2. The first kappa shape index (κ1) is 26.1. The van der Waals surface area contributed by atoms with Crippen molar-refractivity contribution < 1.29 is 14.7 Å². The number of rotatable bonds is 10. The molecule has 0 saturated heterocycles. The summed E-state index contributed by atoms with van der Waals surface area (Å²) < 4.78 is 2.46. The Labute approximate surface area is 224 Å². The van der Waals surface area contributed by atoms with Crippen molar-refractivity contribution in [3.63, 3.8) is 0 Å². The number of carbonyl (C=O) groups is 2. The molecule has 1 unspecified atom stereocenters. The summed E-state index contributed by atoms with van der Waals surface area (Å²) in [7, 11) is 0. The lowest BCUT2D eigenvalue weighted by atomic mass is 9.80. The largest absolute Gasteiger partial charge is 0.481 e. The predicted molar refractivity (Wildman–Crippen MR) is 149 cm³/mol. The van der Waals surface area contributed by atoms with Crippen LogP contribution in [0.25, 0.3) is 11.0 Å². The Balaban J connectivity index is 1.41. The maximum atomic E-state index is 13.4. The molecule has 2 saturated carbocycles. The maximum absolute atomic E-state index is 13.4. The van der Waals surface area contributed by atoms with Crippen molar-refractivity contribution in [3.8, 4) is 0 Å². The van der Waals surface area contributed by atoms with Crippen molar-refractivity contribution in [1.82, 2.24) is 9.55 Å². The molecule has 0 spiro atoms. The van der Waals surface area contributed by atoms with Crippen LogP contribution < -0.4 is 0 Å². The number of ketones is 1. The molecule has 3 atom stereocenters. The Hall–Kier alpha value is -2.47. The highest BCUT2D eigenvalue weighted by Gasteiger charge is 2.28. The topological polar surface area (TPSA) is 72.2 Å². The monoisotopic (exact) mass is 520 g/mol. The zero-order valence-electron chi connectivity index (χ0n) is 22.0. The number of carboxylic acid groups (broad SMARTS) is 1. The summed E-state index contributed by atoms with van der Waals surface area (Å²) in [5.41, 5.74) is 2.67. The third-order valence-electron chi connectivity index (χ3n) is 8.72. The molecule has 2 aliphatic carbocycles. The third kappa shape index (κ3) is 6.34. The third-order valence-corrected chi connectivity index (χ3v) is 9.60. The fraction of sp³-hybridized carbons (Fsp3) is 0.581. The average Bonchev–Trinajstić information content (AvgIpc) is 3.52. The number of imidazole rings is 1. The number of Topliss-reactive ketones (excluding diaryl/α,β-unsaturated/α-hetero) is 1. The first-order chi connectivity index (χ1) is 18.0. The Morgan fingerprint density at radius 3 is 2.57 bits per heavy atom. The molecule has 2 heterocycles. The molecule has 1 N–H and O–H groups in total. The van der Waals surface area contributed by atoms with E-state index in [0.29, 0.717) is 29.9 Å². The SMILES string of the molecule is C[C@H]1CCCC[C@@H]1n1c(Cc2cccs2)nc2cc(C(=O)CC(CC(=O)O)CC3CCCCC3)ccc21. The smallest absolute Gasteiger partial charge is 0.303 e. The van der Waals surface area contributed by atoms with Crippen molar-refractivity contribution in [2.45, 2.75) is 96.4 Å². The minimum absolute atomic E-state index is 0.0457. The quantitative estimate of drug-likeness (QED) is 0.274. The molecular formula is C31H40N2O3S. The number of carbonyl (C=O) groups excluding carboxylic acids is 1. The molecule has 37 heavy (non-hydrogen) atoms. The summed E-state index contributed by atoms with van der Waals surface area (Å²) in [5, 5.41) is 11.6. The summed E-state index contributed by atoms with van der Waals surface area (Å²) in [6.07, 6.45) is 13.0. The highest BCUT2D eigenvalue weighted by atomic mass is 32.1. The molecular weight excluding hydrogens is 480 g/mol. The zero-order chi connectivity index (χ0) is 25.8. The van der Waals surface area contributed by atoms with Crippen molar-refractivity contribution in [1.29, 1.82) is 0 Å². The van der Waals surface area contributed by atoms with Gasteiger partial charge >= 0.3 is 5.97 Å². The molecule has 5 rings (SSSR count). The highest BCUT2D eigenvalue weighted by molar-refractivity contribution is 7.09. The Bertz CT molecular complexity index is 1210. The van der Waals surface area contributed by atoms with Crippen LogP contribution in [-0.2, 0) is 11.2 Å². The summed E-state index contributed by atoms with van der Waals surface area (Å²) in [6.45, 7) is 2.36. The first-order valence-electron chi connectivity index (χ1n) is 14.3. The van der Waals surface area contributed by atoms with E-state index >= 15 is 0 Å². The van der Waals surface area contributed by atoms with Crippen molar-refractivity contribution in [2.24, 2.45) is 17.8 Å². The lowest BCUT2D eigenvalue weighted by Gasteiger charge is -2.31. The van der Waals surface area contributed by atoms with Crippen LogP contribution in [0.1, 0.15) is 111 Å². The van der Waals surface area contributed by atoms with E-state index < -0.39 is 5.97 Å². The minimum atomic E-state index is -0.803. The predicted octanol–water partition coefficient (Wildman–Crippen LogP) is 8.07. The van der Waals surface area contributed by atoms with Gasteiger partial charge in [-0.25, -0.2) is 4.98 Å². The van der Waals surface area contributed by atoms with E-state index in [0.717, 1.165) is 29.7 Å². The van der Waals surface area contributed by atoms with Crippen LogP contribution in [0.5, 0.6) is 0 Å². The minimum Gasteiger partial charge on any atom is -0.481 e. The summed E-state index contributed by atoms with van der Waals surface area (Å²) in [6, 6.07) is 10.7. The number of fused-ring (bicyclic) bond motifs is 1. The second-order valence-electron chi connectivity index (χ2n) is 11.5. The van der Waals surface area contributed by atoms with Gasteiger partial charge in [0.25, 0.3) is 0 Å². The van der Waals surface area contributed by atoms with E-state index in [2.05, 4.69) is 35.1 Å². The normalized spacial score (nSPS) is 21.8. The Kier molecular flexibility index (Phi) is 8.43. The molecule has 0 radical (unpaired) electrons. The Morgan fingerprint density at radius 2 is 1.84 bits per heavy atom. The molecule has 0 amide bonds. The van der Waals surface area contributed by atoms with E-state index in [1.807, 2.05) is 12.1 Å². The van der Waals surface area contributed by atoms with Gasteiger partial charge in [0, 0.05) is 35.7 Å². The molecule has 0 aliphatic heterocycles. The van der Waals surface area contributed by atoms with Gasteiger partial charge in [0.15, 0.2) is 5.78 Å². The highest BCUT2D eigenvalue weighted by Crippen LogP contribution is 2.38. The molecule has 2 aliphatic rings. The fourth-order valence-corrected chi connectivity index (χ4v) is 7.53. The van der Waals surface area contributed by atoms with Gasteiger partial charge in [0.1, 0.15) is 5.82 Å². The number of hydrogen-bond acceptors (Lipinski definition) is 4. The number of thiophene rings is 1. The molecule has 5 nitrogen and oxygen atoms in total. The average molecular weight is 521 g/mol. The van der Waals surface area contributed by atoms with Crippen molar-refractivity contribution in [3.05, 3.63) is 52.0 Å². The molecule has 2 fully saturated rings. The van der Waals surface area contributed by atoms with Crippen LogP contribution in [0, 0.1) is 17.8 Å². The Morgan fingerprint density at radius 1 is 1.05 bits per heavy atom. The van der Waals surface area contributed by atoms with Gasteiger partial charge in [0.2, 0.25) is 0 Å². The van der Waals surface area contributed by atoms with E-state index in [1.54, 1.807) is 11.3 Å². The number of aromatic nitrogens is 2. The van der Waals surface area contributed by atoms with Gasteiger partial charge in [-0.15, -0.1) is 11.3 Å². The van der Waals surface area contributed by atoms with Crippen LogP contribution in [0.2, 0.25) is 0 Å². The van der Waals surface area contributed by atoms with Gasteiger partial charge in [0.05, 0.1) is 11.0 Å². The van der Waals surface area contributed by atoms with E-state index in [4.69, 9.17) is 4.98 Å². The van der Waals surface area contributed by atoms with Crippen LogP contribution in [0.4, 0.5) is 0 Å².